The van der Waals surface area contributed by atoms with Crippen LogP contribution in [0.1, 0.15) is 75.8 Å². The third-order valence-electron chi connectivity index (χ3n) is 5.85. The quantitative estimate of drug-likeness (QED) is 0.778. The maximum Gasteiger partial charge on any atom is 0.266 e. The molecule has 0 fully saturated rings. The Bertz CT molecular complexity index is 853. The molecule has 0 saturated heterocycles. The number of nitrogen functional groups attached to an aromatic ring is 1. The Labute approximate surface area is 167 Å². The number of anilines is 1. The monoisotopic (exact) mass is 387 g/mol. The number of rotatable bonds is 3. The van der Waals surface area contributed by atoms with Crippen LogP contribution in [-0.2, 0) is 12.8 Å². The SMILES string of the molecule is CC(C)N(C(=O)c1sc2nc3c(cc2c1N)CC(C(C)(C)C)CC3)C(C)C. The van der Waals surface area contributed by atoms with Crippen molar-refractivity contribution >= 4 is 33.1 Å². The minimum atomic E-state index is 0.0195. The molecule has 0 aromatic carbocycles. The van der Waals surface area contributed by atoms with Crippen molar-refractivity contribution in [2.45, 2.75) is 79.8 Å². The molecule has 1 amide bonds. The molecule has 27 heavy (non-hydrogen) atoms. The zero-order chi connectivity index (χ0) is 20.1. The number of hydrogen-bond donors (Lipinski definition) is 1. The van der Waals surface area contributed by atoms with Crippen molar-refractivity contribution in [1.29, 1.82) is 0 Å². The Hall–Kier alpha value is -1.62. The van der Waals surface area contributed by atoms with E-state index in [0.717, 1.165) is 23.1 Å². The first-order chi connectivity index (χ1) is 12.5. The minimum absolute atomic E-state index is 0.0195. The maximum absolute atomic E-state index is 13.2. The van der Waals surface area contributed by atoms with Crippen LogP contribution in [0.25, 0.3) is 10.2 Å². The lowest BCUT2D eigenvalue weighted by Crippen LogP contribution is -2.41. The molecule has 2 heterocycles. The number of aromatic nitrogens is 1. The lowest BCUT2D eigenvalue weighted by atomic mass is 9.71. The van der Waals surface area contributed by atoms with Crippen LogP contribution >= 0.6 is 11.3 Å². The smallest absolute Gasteiger partial charge is 0.266 e. The molecule has 0 bridgehead atoms. The Balaban J connectivity index is 2.02. The number of carbonyl (C=O) groups excluding carboxylic acids is 1. The molecule has 2 aromatic rings. The largest absolute Gasteiger partial charge is 0.397 e. The second-order valence-corrected chi connectivity index (χ2v) is 10.5. The van der Waals surface area contributed by atoms with Crippen molar-refractivity contribution in [2.75, 3.05) is 5.73 Å². The molecule has 1 atom stereocenters. The van der Waals surface area contributed by atoms with Crippen molar-refractivity contribution < 1.29 is 4.79 Å². The number of nitrogens with zero attached hydrogens (tertiary/aromatic N) is 2. The summed E-state index contributed by atoms with van der Waals surface area (Å²) in [6.45, 7) is 15.1. The second-order valence-electron chi connectivity index (χ2n) is 9.50. The Kier molecular flexibility index (Phi) is 5.28. The summed E-state index contributed by atoms with van der Waals surface area (Å²) in [5, 5.41) is 0.948. The van der Waals surface area contributed by atoms with E-state index in [1.807, 2.05) is 32.6 Å². The number of nitrogens with two attached hydrogens (primary N) is 1. The van der Waals surface area contributed by atoms with Gasteiger partial charge in [0.1, 0.15) is 9.71 Å². The zero-order valence-corrected chi connectivity index (χ0v) is 18.5. The van der Waals surface area contributed by atoms with Gasteiger partial charge in [-0.2, -0.15) is 0 Å². The summed E-state index contributed by atoms with van der Waals surface area (Å²) >= 11 is 1.45. The lowest BCUT2D eigenvalue weighted by Gasteiger charge is -2.34. The lowest BCUT2D eigenvalue weighted by molar-refractivity contribution is 0.0650. The van der Waals surface area contributed by atoms with Crippen LogP contribution in [-0.4, -0.2) is 27.9 Å². The highest BCUT2D eigenvalue weighted by Gasteiger charge is 2.31. The highest BCUT2D eigenvalue weighted by molar-refractivity contribution is 7.21. The van der Waals surface area contributed by atoms with Crippen LogP contribution < -0.4 is 5.73 Å². The molecule has 0 radical (unpaired) electrons. The van der Waals surface area contributed by atoms with Gasteiger partial charge in [-0.25, -0.2) is 4.98 Å². The molecule has 3 rings (SSSR count). The summed E-state index contributed by atoms with van der Waals surface area (Å²) in [7, 11) is 0. The van der Waals surface area contributed by atoms with Crippen molar-refractivity contribution in [3.05, 3.63) is 22.2 Å². The Morgan fingerprint density at radius 3 is 2.44 bits per heavy atom. The molecule has 1 unspecified atom stereocenters. The van der Waals surface area contributed by atoms with E-state index in [9.17, 15) is 4.79 Å². The van der Waals surface area contributed by atoms with Gasteiger partial charge in [0.05, 0.1) is 5.69 Å². The first-order valence-electron chi connectivity index (χ1n) is 10.0. The topological polar surface area (TPSA) is 59.2 Å². The molecule has 0 aliphatic heterocycles. The van der Waals surface area contributed by atoms with E-state index in [1.54, 1.807) is 0 Å². The fraction of sp³-hybridized carbons (Fsp3) is 0.636. The predicted molar refractivity (Wildman–Crippen MR) is 115 cm³/mol. The molecule has 2 N–H and O–H groups in total. The van der Waals surface area contributed by atoms with Gasteiger partial charge in [0, 0.05) is 23.2 Å². The Morgan fingerprint density at radius 1 is 1.26 bits per heavy atom. The highest BCUT2D eigenvalue weighted by atomic mass is 32.1. The van der Waals surface area contributed by atoms with Crippen LogP contribution in [0.2, 0.25) is 0 Å². The van der Waals surface area contributed by atoms with Crippen LogP contribution in [0.4, 0.5) is 5.69 Å². The number of hydrogen-bond acceptors (Lipinski definition) is 4. The molecule has 0 saturated carbocycles. The number of pyridine rings is 1. The van der Waals surface area contributed by atoms with Gasteiger partial charge in [0.25, 0.3) is 5.91 Å². The number of fused-ring (bicyclic) bond motifs is 2. The summed E-state index contributed by atoms with van der Waals surface area (Å²) in [5.74, 6) is 0.675. The normalized spacial score (nSPS) is 17.6. The molecule has 148 valence electrons. The third-order valence-corrected chi connectivity index (χ3v) is 6.95. The van der Waals surface area contributed by atoms with E-state index in [2.05, 4.69) is 26.8 Å². The molecule has 4 nitrogen and oxygen atoms in total. The van der Waals surface area contributed by atoms with Gasteiger partial charge in [-0.05, 0) is 69.9 Å². The Morgan fingerprint density at radius 2 is 1.89 bits per heavy atom. The molecular formula is C22H33N3OS. The van der Waals surface area contributed by atoms with E-state index in [1.165, 1.54) is 29.0 Å². The van der Waals surface area contributed by atoms with Gasteiger partial charge < -0.3 is 10.6 Å². The number of thiophene rings is 1. The van der Waals surface area contributed by atoms with Gasteiger partial charge in [-0.1, -0.05) is 20.8 Å². The summed E-state index contributed by atoms with van der Waals surface area (Å²) in [5.41, 5.74) is 9.84. The molecule has 1 aliphatic carbocycles. The fourth-order valence-electron chi connectivity index (χ4n) is 4.27. The number of aryl methyl sites for hydroxylation is 1. The summed E-state index contributed by atoms with van der Waals surface area (Å²) < 4.78 is 0. The van der Waals surface area contributed by atoms with Crippen molar-refractivity contribution in [3.63, 3.8) is 0 Å². The van der Waals surface area contributed by atoms with Gasteiger partial charge in [0.15, 0.2) is 0 Å². The van der Waals surface area contributed by atoms with E-state index in [0.29, 0.717) is 21.9 Å². The number of amides is 1. The van der Waals surface area contributed by atoms with Crippen molar-refractivity contribution in [2.24, 2.45) is 11.3 Å². The molecule has 2 aromatic heterocycles. The average Bonchev–Trinajstić information content (AvgIpc) is 2.87. The second kappa shape index (κ2) is 7.08. The van der Waals surface area contributed by atoms with Crippen molar-refractivity contribution in [3.8, 4) is 0 Å². The van der Waals surface area contributed by atoms with Crippen LogP contribution in [0.3, 0.4) is 0 Å². The van der Waals surface area contributed by atoms with Crippen molar-refractivity contribution in [1.82, 2.24) is 9.88 Å². The molecular weight excluding hydrogens is 354 g/mol. The van der Waals surface area contributed by atoms with Crippen LogP contribution in [0.5, 0.6) is 0 Å². The van der Waals surface area contributed by atoms with E-state index in [-0.39, 0.29) is 18.0 Å². The summed E-state index contributed by atoms with van der Waals surface area (Å²) in [6, 6.07) is 2.47. The first kappa shape index (κ1) is 20.1. The summed E-state index contributed by atoms with van der Waals surface area (Å²) in [6.07, 6.45) is 3.24. The minimum Gasteiger partial charge on any atom is -0.397 e. The standard InChI is InChI=1S/C22H33N3OS/c1-12(2)25(13(3)4)21(26)19-18(23)16-11-14-10-15(22(5,6)7)8-9-17(14)24-20(16)27-19/h11-13,15H,8-10,23H2,1-7H3. The van der Waals surface area contributed by atoms with Gasteiger partial charge >= 0.3 is 0 Å². The molecule has 5 heteroatoms. The highest BCUT2D eigenvalue weighted by Crippen LogP contribution is 2.40. The van der Waals surface area contributed by atoms with Gasteiger partial charge in [-0.15, -0.1) is 11.3 Å². The summed E-state index contributed by atoms with van der Waals surface area (Å²) in [4.78, 5) is 21.5. The van der Waals surface area contributed by atoms with Crippen LogP contribution in [0, 0.1) is 11.3 Å². The van der Waals surface area contributed by atoms with Gasteiger partial charge in [0.2, 0.25) is 0 Å². The third kappa shape index (κ3) is 3.71. The molecule has 0 spiro atoms. The maximum atomic E-state index is 13.2. The van der Waals surface area contributed by atoms with E-state index >= 15 is 0 Å². The molecule has 1 aliphatic rings. The number of carbonyl (C=O) groups is 1. The van der Waals surface area contributed by atoms with Crippen LogP contribution in [0.15, 0.2) is 6.07 Å². The van der Waals surface area contributed by atoms with E-state index in [4.69, 9.17) is 10.7 Å². The predicted octanol–water partition coefficient (Wildman–Crippen LogP) is 5.29. The zero-order valence-electron chi connectivity index (χ0n) is 17.7. The fourth-order valence-corrected chi connectivity index (χ4v) is 5.31. The first-order valence-corrected chi connectivity index (χ1v) is 10.9. The average molecular weight is 388 g/mol. The van der Waals surface area contributed by atoms with E-state index < -0.39 is 0 Å². The van der Waals surface area contributed by atoms with Gasteiger partial charge in [-0.3, -0.25) is 4.79 Å².